The molecule has 1 unspecified atom stereocenters. The Kier molecular flexibility index (Phi) is 5.38. The highest BCUT2D eigenvalue weighted by atomic mass is 35.5. The molecule has 112 valence electrons. The summed E-state index contributed by atoms with van der Waals surface area (Å²) in [6, 6.07) is 8.93. The van der Waals surface area contributed by atoms with Gasteiger partial charge in [0, 0.05) is 18.7 Å². The molecule has 0 aliphatic rings. The van der Waals surface area contributed by atoms with Gasteiger partial charge >= 0.3 is 0 Å². The van der Waals surface area contributed by atoms with E-state index in [0.717, 1.165) is 5.56 Å². The van der Waals surface area contributed by atoms with Crippen LogP contribution in [0.2, 0.25) is 5.02 Å². The van der Waals surface area contributed by atoms with E-state index in [9.17, 15) is 4.79 Å². The first-order chi connectivity index (χ1) is 10.1. The van der Waals surface area contributed by atoms with E-state index in [1.54, 1.807) is 25.3 Å². The Morgan fingerprint density at radius 1 is 1.43 bits per heavy atom. The van der Waals surface area contributed by atoms with Gasteiger partial charge in [-0.1, -0.05) is 23.7 Å². The highest BCUT2D eigenvalue weighted by Crippen LogP contribution is 2.18. The van der Waals surface area contributed by atoms with E-state index in [1.165, 1.54) is 6.26 Å². The fourth-order valence-corrected chi connectivity index (χ4v) is 2.03. The smallest absolute Gasteiger partial charge is 0.254 e. The molecule has 0 aliphatic heterocycles. The molecule has 6 heteroatoms. The van der Waals surface area contributed by atoms with E-state index in [-0.39, 0.29) is 18.6 Å². The Morgan fingerprint density at radius 3 is 2.71 bits per heavy atom. The highest BCUT2D eigenvalue weighted by Gasteiger charge is 2.14. The summed E-state index contributed by atoms with van der Waals surface area (Å²) in [4.78, 5) is 12.0. The summed E-state index contributed by atoms with van der Waals surface area (Å²) in [5, 5.41) is 3.46. The number of nitrogens with two attached hydrogens (primary N) is 1. The maximum absolute atomic E-state index is 12.0. The van der Waals surface area contributed by atoms with Crippen LogP contribution >= 0.6 is 11.6 Å². The quantitative estimate of drug-likeness (QED) is 0.859. The Hall–Kier alpha value is -1.82. The number of hydrogen-bond acceptors (Lipinski definition) is 4. The standard InChI is InChI=1S/C15H17ClN2O3/c1-20-14(10-2-4-12(16)5-3-10)8-18-15(19)11-6-13(7-17)21-9-11/h2-6,9,14H,7-8,17H2,1H3,(H,18,19). The number of ether oxygens (including phenoxy) is 1. The average molecular weight is 309 g/mol. The molecule has 3 N–H and O–H groups in total. The molecule has 0 spiro atoms. The van der Waals surface area contributed by atoms with Crippen molar-refractivity contribution in [2.75, 3.05) is 13.7 Å². The van der Waals surface area contributed by atoms with Crippen LogP contribution < -0.4 is 11.1 Å². The van der Waals surface area contributed by atoms with Gasteiger partial charge in [-0.3, -0.25) is 4.79 Å². The van der Waals surface area contributed by atoms with Gasteiger partial charge in [0.1, 0.15) is 12.0 Å². The lowest BCUT2D eigenvalue weighted by Gasteiger charge is -2.16. The van der Waals surface area contributed by atoms with E-state index >= 15 is 0 Å². The molecule has 0 bridgehead atoms. The predicted molar refractivity (Wildman–Crippen MR) is 80.1 cm³/mol. The molecule has 1 atom stereocenters. The van der Waals surface area contributed by atoms with Crippen LogP contribution in [0.4, 0.5) is 0 Å². The van der Waals surface area contributed by atoms with Gasteiger partial charge in [0.15, 0.2) is 0 Å². The van der Waals surface area contributed by atoms with Crippen molar-refractivity contribution < 1.29 is 13.9 Å². The zero-order valence-electron chi connectivity index (χ0n) is 11.6. The van der Waals surface area contributed by atoms with Crippen molar-refractivity contribution in [1.82, 2.24) is 5.32 Å². The first-order valence-corrected chi connectivity index (χ1v) is 6.85. The monoisotopic (exact) mass is 308 g/mol. The minimum absolute atomic E-state index is 0.227. The minimum atomic E-state index is -0.243. The Balaban J connectivity index is 1.96. The normalized spacial score (nSPS) is 12.1. The van der Waals surface area contributed by atoms with Crippen LogP contribution in [-0.4, -0.2) is 19.6 Å². The third-order valence-corrected chi connectivity index (χ3v) is 3.34. The molecule has 1 aromatic carbocycles. The van der Waals surface area contributed by atoms with Crippen molar-refractivity contribution in [3.63, 3.8) is 0 Å². The molecule has 0 saturated heterocycles. The van der Waals surface area contributed by atoms with Gasteiger partial charge in [0.2, 0.25) is 0 Å². The van der Waals surface area contributed by atoms with Crippen molar-refractivity contribution in [1.29, 1.82) is 0 Å². The third-order valence-electron chi connectivity index (χ3n) is 3.09. The number of halogens is 1. The van der Waals surface area contributed by atoms with E-state index < -0.39 is 0 Å². The molecule has 1 amide bonds. The summed E-state index contributed by atoms with van der Waals surface area (Å²) in [5.74, 6) is 0.343. The van der Waals surface area contributed by atoms with E-state index in [4.69, 9.17) is 26.5 Å². The average Bonchev–Trinajstić information content (AvgIpc) is 2.98. The largest absolute Gasteiger partial charge is 0.467 e. The highest BCUT2D eigenvalue weighted by molar-refractivity contribution is 6.30. The number of benzene rings is 1. The zero-order valence-corrected chi connectivity index (χ0v) is 12.4. The summed E-state index contributed by atoms with van der Waals surface area (Å²) in [7, 11) is 1.59. The fraction of sp³-hybridized carbons (Fsp3) is 0.267. The summed E-state index contributed by atoms with van der Waals surface area (Å²) >= 11 is 5.85. The Morgan fingerprint density at radius 2 is 2.14 bits per heavy atom. The van der Waals surface area contributed by atoms with Gasteiger partial charge in [-0.05, 0) is 23.8 Å². The molecule has 1 aromatic heterocycles. The molecule has 2 aromatic rings. The van der Waals surface area contributed by atoms with Crippen LogP contribution in [0, 0.1) is 0 Å². The van der Waals surface area contributed by atoms with Gasteiger partial charge in [0.05, 0.1) is 18.2 Å². The number of carbonyl (C=O) groups excluding carboxylic acids is 1. The first kappa shape index (κ1) is 15.6. The summed E-state index contributed by atoms with van der Waals surface area (Å²) in [6.07, 6.45) is 1.15. The molecule has 0 saturated carbocycles. The van der Waals surface area contributed by atoms with Gasteiger partial charge in [-0.25, -0.2) is 0 Å². The molecule has 5 nitrogen and oxygen atoms in total. The molecule has 0 radical (unpaired) electrons. The Bertz CT molecular complexity index is 595. The van der Waals surface area contributed by atoms with E-state index in [1.807, 2.05) is 12.1 Å². The second-order valence-corrected chi connectivity index (χ2v) is 4.93. The first-order valence-electron chi connectivity index (χ1n) is 6.48. The van der Waals surface area contributed by atoms with Gasteiger partial charge in [-0.2, -0.15) is 0 Å². The topological polar surface area (TPSA) is 77.5 Å². The second kappa shape index (κ2) is 7.26. The molecule has 2 rings (SSSR count). The molecule has 1 heterocycles. The summed E-state index contributed by atoms with van der Waals surface area (Å²) in [6.45, 7) is 0.610. The Labute approximate surface area is 128 Å². The molecule has 0 aliphatic carbocycles. The zero-order chi connectivity index (χ0) is 15.2. The molecular formula is C15H17ClN2O3. The van der Waals surface area contributed by atoms with Crippen molar-refractivity contribution in [3.8, 4) is 0 Å². The third kappa shape index (κ3) is 4.07. The predicted octanol–water partition coefficient (Wildman–Crippen LogP) is 2.51. The van der Waals surface area contributed by atoms with Crippen molar-refractivity contribution in [3.05, 3.63) is 58.5 Å². The maximum atomic E-state index is 12.0. The second-order valence-electron chi connectivity index (χ2n) is 4.49. The maximum Gasteiger partial charge on any atom is 0.254 e. The number of methoxy groups -OCH3 is 1. The van der Waals surface area contributed by atoms with Crippen LogP contribution in [0.25, 0.3) is 0 Å². The SMILES string of the molecule is COC(CNC(=O)c1coc(CN)c1)c1ccc(Cl)cc1. The van der Waals surface area contributed by atoms with Crippen molar-refractivity contribution in [2.24, 2.45) is 5.73 Å². The van der Waals surface area contributed by atoms with Crippen molar-refractivity contribution >= 4 is 17.5 Å². The lowest BCUT2D eigenvalue weighted by Crippen LogP contribution is -2.28. The lowest BCUT2D eigenvalue weighted by atomic mass is 10.1. The number of amides is 1. The van der Waals surface area contributed by atoms with Crippen LogP contribution in [0.1, 0.15) is 27.8 Å². The molecular weight excluding hydrogens is 292 g/mol. The molecule has 21 heavy (non-hydrogen) atoms. The van der Waals surface area contributed by atoms with E-state index in [0.29, 0.717) is 22.9 Å². The number of rotatable bonds is 6. The van der Waals surface area contributed by atoms with Crippen LogP contribution in [0.5, 0.6) is 0 Å². The van der Waals surface area contributed by atoms with Crippen LogP contribution in [-0.2, 0) is 11.3 Å². The van der Waals surface area contributed by atoms with Crippen LogP contribution in [0.15, 0.2) is 41.0 Å². The number of furan rings is 1. The van der Waals surface area contributed by atoms with Gasteiger partial charge in [0.25, 0.3) is 5.91 Å². The lowest BCUT2D eigenvalue weighted by molar-refractivity contribution is 0.0827. The van der Waals surface area contributed by atoms with Crippen molar-refractivity contribution in [2.45, 2.75) is 12.6 Å². The summed E-state index contributed by atoms with van der Waals surface area (Å²) in [5.41, 5.74) is 6.83. The fourth-order valence-electron chi connectivity index (χ4n) is 1.91. The molecule has 0 fully saturated rings. The minimum Gasteiger partial charge on any atom is -0.467 e. The number of carbonyl (C=O) groups is 1. The number of nitrogens with one attached hydrogen (secondary N) is 1. The van der Waals surface area contributed by atoms with Gasteiger partial charge < -0.3 is 20.2 Å². The van der Waals surface area contributed by atoms with E-state index in [2.05, 4.69) is 5.32 Å². The summed E-state index contributed by atoms with van der Waals surface area (Å²) < 4.78 is 10.5. The van der Waals surface area contributed by atoms with Gasteiger partial charge in [-0.15, -0.1) is 0 Å². The van der Waals surface area contributed by atoms with Crippen LogP contribution in [0.3, 0.4) is 0 Å². The number of hydrogen-bond donors (Lipinski definition) is 2.